The SMILES string of the molecule is N#Cc1ccc(-c2cccc(-c3n[nH]c(=O)o3)c2)cc1. The maximum absolute atomic E-state index is 11.0. The summed E-state index contributed by atoms with van der Waals surface area (Å²) < 4.78 is 4.93. The lowest BCUT2D eigenvalue weighted by Crippen LogP contribution is -1.93. The Balaban J connectivity index is 2.02. The Bertz CT molecular complexity index is 838. The molecule has 1 aromatic heterocycles. The second-order valence-corrected chi connectivity index (χ2v) is 4.19. The van der Waals surface area contributed by atoms with E-state index >= 15 is 0 Å². The Morgan fingerprint density at radius 1 is 1.05 bits per heavy atom. The molecule has 3 aromatic rings. The molecule has 0 spiro atoms. The Labute approximate surface area is 114 Å². The molecule has 0 amide bonds. The van der Waals surface area contributed by atoms with E-state index in [1.165, 1.54) is 0 Å². The van der Waals surface area contributed by atoms with Crippen LogP contribution in [0.5, 0.6) is 0 Å². The molecular weight excluding hydrogens is 254 g/mol. The van der Waals surface area contributed by atoms with E-state index in [9.17, 15) is 4.79 Å². The summed E-state index contributed by atoms with van der Waals surface area (Å²) in [5, 5.41) is 14.8. The minimum Gasteiger partial charge on any atom is -0.388 e. The Hall–Kier alpha value is -3.13. The molecule has 0 aliphatic heterocycles. The van der Waals surface area contributed by atoms with Gasteiger partial charge in [0.15, 0.2) is 0 Å². The molecule has 3 rings (SSSR count). The van der Waals surface area contributed by atoms with Crippen molar-refractivity contribution in [1.82, 2.24) is 10.2 Å². The Morgan fingerprint density at radius 2 is 1.80 bits per heavy atom. The zero-order valence-electron chi connectivity index (χ0n) is 10.3. The number of aromatic amines is 1. The molecule has 0 aliphatic carbocycles. The van der Waals surface area contributed by atoms with Crippen LogP contribution in [0.1, 0.15) is 5.56 Å². The van der Waals surface area contributed by atoms with Crippen LogP contribution in [-0.2, 0) is 0 Å². The number of hydrogen-bond acceptors (Lipinski definition) is 4. The zero-order valence-corrected chi connectivity index (χ0v) is 10.3. The van der Waals surface area contributed by atoms with Crippen LogP contribution in [0.15, 0.2) is 57.7 Å². The van der Waals surface area contributed by atoms with Crippen LogP contribution in [0, 0.1) is 11.3 Å². The van der Waals surface area contributed by atoms with Crippen molar-refractivity contribution in [2.75, 3.05) is 0 Å². The monoisotopic (exact) mass is 263 g/mol. The molecule has 96 valence electrons. The van der Waals surface area contributed by atoms with Crippen LogP contribution in [-0.4, -0.2) is 10.2 Å². The highest BCUT2D eigenvalue weighted by Gasteiger charge is 2.06. The van der Waals surface area contributed by atoms with E-state index in [-0.39, 0.29) is 5.89 Å². The molecule has 0 unspecified atom stereocenters. The summed E-state index contributed by atoms with van der Waals surface area (Å²) in [6.45, 7) is 0. The predicted molar refractivity (Wildman–Crippen MR) is 72.7 cm³/mol. The average Bonchev–Trinajstić information content (AvgIpc) is 2.94. The lowest BCUT2D eigenvalue weighted by Gasteiger charge is -2.03. The molecule has 5 heteroatoms. The normalized spacial score (nSPS) is 10.2. The Kier molecular flexibility index (Phi) is 2.90. The fourth-order valence-electron chi connectivity index (χ4n) is 1.92. The quantitative estimate of drug-likeness (QED) is 0.770. The molecule has 1 heterocycles. The van der Waals surface area contributed by atoms with E-state index in [0.717, 1.165) is 11.1 Å². The van der Waals surface area contributed by atoms with E-state index < -0.39 is 5.76 Å². The van der Waals surface area contributed by atoms with Gasteiger partial charge in [-0.05, 0) is 35.4 Å². The van der Waals surface area contributed by atoms with E-state index in [1.807, 2.05) is 36.4 Å². The second-order valence-electron chi connectivity index (χ2n) is 4.19. The number of rotatable bonds is 2. The summed E-state index contributed by atoms with van der Waals surface area (Å²) in [6, 6.07) is 16.8. The van der Waals surface area contributed by atoms with Gasteiger partial charge >= 0.3 is 5.76 Å². The molecule has 0 aliphatic rings. The largest absolute Gasteiger partial charge is 0.434 e. The van der Waals surface area contributed by atoms with Crippen LogP contribution < -0.4 is 5.76 Å². The van der Waals surface area contributed by atoms with E-state index in [0.29, 0.717) is 11.1 Å². The molecule has 20 heavy (non-hydrogen) atoms. The highest BCUT2D eigenvalue weighted by molar-refractivity contribution is 5.70. The van der Waals surface area contributed by atoms with Crippen molar-refractivity contribution in [3.63, 3.8) is 0 Å². The molecule has 5 nitrogen and oxygen atoms in total. The molecule has 0 saturated carbocycles. The van der Waals surface area contributed by atoms with Crippen molar-refractivity contribution in [3.8, 4) is 28.7 Å². The summed E-state index contributed by atoms with van der Waals surface area (Å²) in [7, 11) is 0. The summed E-state index contributed by atoms with van der Waals surface area (Å²) in [5.74, 6) is -0.325. The topological polar surface area (TPSA) is 82.7 Å². The van der Waals surface area contributed by atoms with Gasteiger partial charge in [-0.15, -0.1) is 5.10 Å². The van der Waals surface area contributed by atoms with Crippen molar-refractivity contribution in [2.45, 2.75) is 0 Å². The Morgan fingerprint density at radius 3 is 2.45 bits per heavy atom. The number of benzene rings is 2. The highest BCUT2D eigenvalue weighted by Crippen LogP contribution is 2.24. The lowest BCUT2D eigenvalue weighted by molar-refractivity contribution is 0.527. The minimum absolute atomic E-state index is 0.255. The smallest absolute Gasteiger partial charge is 0.388 e. The number of H-pyrrole nitrogens is 1. The van der Waals surface area contributed by atoms with Crippen LogP contribution in [0.2, 0.25) is 0 Å². The minimum atomic E-state index is -0.580. The molecule has 0 atom stereocenters. The van der Waals surface area contributed by atoms with Gasteiger partial charge in [-0.25, -0.2) is 9.89 Å². The summed E-state index contributed by atoms with van der Waals surface area (Å²) in [6.07, 6.45) is 0. The molecule has 1 N–H and O–H groups in total. The van der Waals surface area contributed by atoms with Gasteiger partial charge in [-0.1, -0.05) is 24.3 Å². The highest BCUT2D eigenvalue weighted by atomic mass is 16.4. The number of nitrogens with zero attached hydrogens (tertiary/aromatic N) is 2. The first-order valence-corrected chi connectivity index (χ1v) is 5.93. The standard InChI is InChI=1S/C15H9N3O2/c16-9-10-4-6-11(7-5-10)12-2-1-3-13(8-12)14-17-18-15(19)20-14/h1-8H,(H,18,19). The summed E-state index contributed by atoms with van der Waals surface area (Å²) >= 11 is 0. The van der Waals surface area contributed by atoms with Gasteiger partial charge in [0, 0.05) is 5.56 Å². The molecule has 0 fully saturated rings. The van der Waals surface area contributed by atoms with E-state index in [1.54, 1.807) is 12.1 Å². The molecule has 2 aromatic carbocycles. The number of nitrogens with one attached hydrogen (secondary N) is 1. The van der Waals surface area contributed by atoms with E-state index in [4.69, 9.17) is 9.68 Å². The first-order valence-electron chi connectivity index (χ1n) is 5.93. The van der Waals surface area contributed by atoms with Crippen LogP contribution >= 0.6 is 0 Å². The van der Waals surface area contributed by atoms with Gasteiger partial charge in [0.05, 0.1) is 11.6 Å². The molecule has 0 radical (unpaired) electrons. The van der Waals surface area contributed by atoms with Crippen molar-refractivity contribution in [3.05, 3.63) is 64.6 Å². The van der Waals surface area contributed by atoms with Crippen LogP contribution in [0.3, 0.4) is 0 Å². The maximum atomic E-state index is 11.0. The predicted octanol–water partition coefficient (Wildman–Crippen LogP) is 2.57. The number of nitriles is 1. The van der Waals surface area contributed by atoms with Crippen molar-refractivity contribution >= 4 is 0 Å². The second kappa shape index (κ2) is 4.86. The first-order chi connectivity index (χ1) is 9.76. The molecular formula is C15H9N3O2. The van der Waals surface area contributed by atoms with Gasteiger partial charge in [0.1, 0.15) is 0 Å². The van der Waals surface area contributed by atoms with Crippen molar-refractivity contribution in [2.24, 2.45) is 0 Å². The van der Waals surface area contributed by atoms with E-state index in [2.05, 4.69) is 16.3 Å². The fourth-order valence-corrected chi connectivity index (χ4v) is 1.92. The molecule has 0 saturated heterocycles. The van der Waals surface area contributed by atoms with Gasteiger partial charge in [-0.2, -0.15) is 5.26 Å². The van der Waals surface area contributed by atoms with Gasteiger partial charge in [0.25, 0.3) is 0 Å². The van der Waals surface area contributed by atoms with Crippen LogP contribution in [0.4, 0.5) is 0 Å². The van der Waals surface area contributed by atoms with Gasteiger partial charge in [-0.3, -0.25) is 0 Å². The summed E-state index contributed by atoms with van der Waals surface area (Å²) in [4.78, 5) is 11.0. The molecule has 0 bridgehead atoms. The van der Waals surface area contributed by atoms with Crippen molar-refractivity contribution < 1.29 is 4.42 Å². The number of aromatic nitrogens is 2. The summed E-state index contributed by atoms with van der Waals surface area (Å²) in [5.41, 5.74) is 3.26. The van der Waals surface area contributed by atoms with Gasteiger partial charge in [0.2, 0.25) is 5.89 Å². The fraction of sp³-hybridized carbons (Fsp3) is 0. The third-order valence-electron chi connectivity index (χ3n) is 2.89. The van der Waals surface area contributed by atoms with Crippen molar-refractivity contribution in [1.29, 1.82) is 5.26 Å². The maximum Gasteiger partial charge on any atom is 0.434 e. The number of hydrogen-bond donors (Lipinski definition) is 1. The third kappa shape index (κ3) is 2.22. The third-order valence-corrected chi connectivity index (χ3v) is 2.89. The lowest BCUT2D eigenvalue weighted by atomic mass is 10.0. The van der Waals surface area contributed by atoms with Gasteiger partial charge < -0.3 is 4.42 Å². The first kappa shape index (κ1) is 11.9. The van der Waals surface area contributed by atoms with Crippen LogP contribution in [0.25, 0.3) is 22.6 Å². The average molecular weight is 263 g/mol. The zero-order chi connectivity index (χ0) is 13.9.